The molecule has 1 N–H and O–H groups in total. The van der Waals surface area contributed by atoms with Gasteiger partial charge in [-0.2, -0.15) is 0 Å². The molecule has 0 aliphatic carbocycles. The van der Waals surface area contributed by atoms with Crippen molar-refractivity contribution in [3.05, 3.63) is 23.8 Å². The number of aliphatic hydroxyl groups is 1. The fourth-order valence-corrected chi connectivity index (χ4v) is 1.29. The van der Waals surface area contributed by atoms with Crippen molar-refractivity contribution >= 4 is 5.97 Å². The van der Waals surface area contributed by atoms with Crippen molar-refractivity contribution in [3.63, 3.8) is 0 Å². The summed E-state index contributed by atoms with van der Waals surface area (Å²) in [6.45, 7) is 1.69. The molecule has 0 radical (unpaired) electrons. The van der Waals surface area contributed by atoms with Crippen LogP contribution in [0.1, 0.15) is 12.5 Å². The maximum absolute atomic E-state index is 11.1. The van der Waals surface area contributed by atoms with Gasteiger partial charge in [0, 0.05) is 5.56 Å². The van der Waals surface area contributed by atoms with Gasteiger partial charge in [0.1, 0.15) is 11.5 Å². The summed E-state index contributed by atoms with van der Waals surface area (Å²) in [6.07, 6.45) is 0. The molecule has 0 aliphatic rings. The predicted molar refractivity (Wildman–Crippen MR) is 61.0 cm³/mol. The van der Waals surface area contributed by atoms with Gasteiger partial charge in [-0.25, -0.2) is 4.79 Å². The number of carbonyl (C=O) groups excluding carboxylic acids is 1. The number of esters is 1. The monoisotopic (exact) mass is 240 g/mol. The molecule has 1 aromatic rings. The molecule has 0 spiro atoms. The third-order valence-corrected chi connectivity index (χ3v) is 2.09. The van der Waals surface area contributed by atoms with Crippen LogP contribution in [0.25, 0.3) is 0 Å². The Kier molecular flexibility index (Phi) is 5.29. The second kappa shape index (κ2) is 6.75. The normalized spacial score (nSPS) is 9.82. The zero-order chi connectivity index (χ0) is 12.7. The number of ether oxygens (including phenoxy) is 3. The van der Waals surface area contributed by atoms with Gasteiger partial charge in [-0.3, -0.25) is 0 Å². The lowest BCUT2D eigenvalue weighted by atomic mass is 10.2. The minimum atomic E-state index is -0.438. The third-order valence-electron chi connectivity index (χ3n) is 2.09. The van der Waals surface area contributed by atoms with Gasteiger partial charge < -0.3 is 19.3 Å². The average Bonchev–Trinajstić information content (AvgIpc) is 2.36. The molecule has 17 heavy (non-hydrogen) atoms. The minimum Gasteiger partial charge on any atom is -0.497 e. The molecular formula is C12H16O5. The maximum atomic E-state index is 11.1. The highest BCUT2D eigenvalue weighted by molar-refractivity contribution is 5.71. The van der Waals surface area contributed by atoms with E-state index in [1.165, 1.54) is 7.11 Å². The third kappa shape index (κ3) is 3.96. The van der Waals surface area contributed by atoms with E-state index in [0.29, 0.717) is 23.7 Å². The number of carbonyl (C=O) groups is 1. The molecular weight excluding hydrogens is 224 g/mol. The lowest BCUT2D eigenvalue weighted by Crippen LogP contribution is -2.15. The van der Waals surface area contributed by atoms with Crippen molar-refractivity contribution in [1.82, 2.24) is 0 Å². The zero-order valence-electron chi connectivity index (χ0n) is 9.93. The molecule has 0 amide bonds. The van der Waals surface area contributed by atoms with Crippen LogP contribution in [-0.2, 0) is 16.1 Å². The molecule has 94 valence electrons. The smallest absolute Gasteiger partial charge is 0.344 e. The average molecular weight is 240 g/mol. The molecule has 0 heterocycles. The van der Waals surface area contributed by atoms with Crippen LogP contribution in [0.5, 0.6) is 11.5 Å². The molecule has 0 aliphatic heterocycles. The van der Waals surface area contributed by atoms with Crippen LogP contribution >= 0.6 is 0 Å². The van der Waals surface area contributed by atoms with Gasteiger partial charge in [-0.05, 0) is 25.1 Å². The van der Waals surface area contributed by atoms with E-state index in [2.05, 4.69) is 0 Å². The van der Waals surface area contributed by atoms with E-state index in [4.69, 9.17) is 19.3 Å². The van der Waals surface area contributed by atoms with Gasteiger partial charge in [0.15, 0.2) is 6.61 Å². The molecule has 1 rings (SSSR count). The van der Waals surface area contributed by atoms with Gasteiger partial charge in [0.05, 0.1) is 20.3 Å². The topological polar surface area (TPSA) is 65.0 Å². The summed E-state index contributed by atoms with van der Waals surface area (Å²) in [6, 6.07) is 4.99. The minimum absolute atomic E-state index is 0.173. The summed E-state index contributed by atoms with van der Waals surface area (Å²) >= 11 is 0. The molecule has 0 saturated heterocycles. The Balaban J connectivity index is 2.67. The Morgan fingerprint density at radius 2 is 2.18 bits per heavy atom. The van der Waals surface area contributed by atoms with E-state index < -0.39 is 5.97 Å². The number of methoxy groups -OCH3 is 1. The Hall–Kier alpha value is -1.75. The van der Waals surface area contributed by atoms with E-state index in [-0.39, 0.29) is 13.2 Å². The van der Waals surface area contributed by atoms with E-state index in [1.54, 1.807) is 25.1 Å². The molecule has 5 nitrogen and oxygen atoms in total. The second-order valence-electron chi connectivity index (χ2n) is 3.23. The highest BCUT2D eigenvalue weighted by Crippen LogP contribution is 2.24. The highest BCUT2D eigenvalue weighted by atomic mass is 16.6. The number of aliphatic hydroxyl groups excluding tert-OH is 1. The number of hydrogen-bond donors (Lipinski definition) is 1. The Morgan fingerprint density at radius 3 is 2.76 bits per heavy atom. The number of rotatable bonds is 6. The van der Waals surface area contributed by atoms with Gasteiger partial charge in [-0.15, -0.1) is 0 Å². The van der Waals surface area contributed by atoms with Crippen LogP contribution in [-0.4, -0.2) is 31.4 Å². The van der Waals surface area contributed by atoms with Crippen LogP contribution in [0.15, 0.2) is 18.2 Å². The van der Waals surface area contributed by atoms with Crippen molar-refractivity contribution in [2.24, 2.45) is 0 Å². The molecule has 0 fully saturated rings. The van der Waals surface area contributed by atoms with Crippen LogP contribution in [0.4, 0.5) is 0 Å². The van der Waals surface area contributed by atoms with Crippen molar-refractivity contribution < 1.29 is 24.1 Å². The zero-order valence-corrected chi connectivity index (χ0v) is 9.93. The summed E-state index contributed by atoms with van der Waals surface area (Å²) in [4.78, 5) is 11.1. The first-order valence-electron chi connectivity index (χ1n) is 5.27. The van der Waals surface area contributed by atoms with Crippen molar-refractivity contribution in [1.29, 1.82) is 0 Å². The fourth-order valence-electron chi connectivity index (χ4n) is 1.29. The standard InChI is InChI=1S/C12H16O5/c1-3-16-12(14)8-17-11-5-4-10(15-2)6-9(11)7-13/h4-6,13H,3,7-8H2,1-2H3. The van der Waals surface area contributed by atoms with Crippen LogP contribution < -0.4 is 9.47 Å². The Bertz CT molecular complexity index is 375. The van der Waals surface area contributed by atoms with Crippen LogP contribution in [0.3, 0.4) is 0 Å². The van der Waals surface area contributed by atoms with E-state index >= 15 is 0 Å². The van der Waals surface area contributed by atoms with E-state index in [9.17, 15) is 4.79 Å². The van der Waals surface area contributed by atoms with E-state index in [0.717, 1.165) is 0 Å². The lowest BCUT2D eigenvalue weighted by molar-refractivity contribution is -0.145. The quantitative estimate of drug-likeness (QED) is 0.755. The number of hydrogen-bond acceptors (Lipinski definition) is 5. The van der Waals surface area contributed by atoms with E-state index in [1.807, 2.05) is 0 Å². The first-order valence-corrected chi connectivity index (χ1v) is 5.27. The summed E-state index contributed by atoms with van der Waals surface area (Å²) < 4.78 is 15.0. The van der Waals surface area contributed by atoms with Crippen molar-refractivity contribution in [2.45, 2.75) is 13.5 Å². The fraction of sp³-hybridized carbons (Fsp3) is 0.417. The summed E-state index contributed by atoms with van der Waals surface area (Å²) in [5.41, 5.74) is 0.564. The maximum Gasteiger partial charge on any atom is 0.344 e. The number of benzene rings is 1. The first kappa shape index (κ1) is 13.3. The van der Waals surface area contributed by atoms with Gasteiger partial charge in [0.25, 0.3) is 0 Å². The van der Waals surface area contributed by atoms with Crippen LogP contribution in [0, 0.1) is 0 Å². The van der Waals surface area contributed by atoms with Gasteiger partial charge in [-0.1, -0.05) is 0 Å². The summed E-state index contributed by atoms with van der Waals surface area (Å²) in [7, 11) is 1.54. The summed E-state index contributed by atoms with van der Waals surface area (Å²) in [5.74, 6) is 0.631. The molecule has 0 atom stereocenters. The molecule has 5 heteroatoms. The molecule has 0 unspecified atom stereocenters. The van der Waals surface area contributed by atoms with Gasteiger partial charge >= 0.3 is 5.97 Å². The van der Waals surface area contributed by atoms with Crippen LogP contribution in [0.2, 0.25) is 0 Å². The lowest BCUT2D eigenvalue weighted by Gasteiger charge is -2.10. The predicted octanol–water partition coefficient (Wildman–Crippen LogP) is 1.13. The summed E-state index contributed by atoms with van der Waals surface area (Å²) in [5, 5.41) is 9.16. The largest absolute Gasteiger partial charge is 0.497 e. The van der Waals surface area contributed by atoms with Crippen molar-refractivity contribution in [3.8, 4) is 11.5 Å². The molecule has 1 aromatic carbocycles. The Morgan fingerprint density at radius 1 is 1.41 bits per heavy atom. The first-order chi connectivity index (χ1) is 8.21. The van der Waals surface area contributed by atoms with Gasteiger partial charge in [0.2, 0.25) is 0 Å². The highest BCUT2D eigenvalue weighted by Gasteiger charge is 2.08. The second-order valence-corrected chi connectivity index (χ2v) is 3.23. The molecule has 0 saturated carbocycles. The SMILES string of the molecule is CCOC(=O)COc1ccc(OC)cc1CO. The molecule has 0 aromatic heterocycles. The molecule has 0 bridgehead atoms. The Labute approximate surface area is 99.9 Å². The van der Waals surface area contributed by atoms with Crippen molar-refractivity contribution in [2.75, 3.05) is 20.3 Å².